The molecule has 0 bridgehead atoms. The highest BCUT2D eigenvalue weighted by Crippen LogP contribution is 2.10. The molecule has 0 radical (unpaired) electrons. The zero-order valence-electron chi connectivity index (χ0n) is 10.9. The van der Waals surface area contributed by atoms with Crippen molar-refractivity contribution in [2.24, 2.45) is 0 Å². The fraction of sp³-hybridized carbons (Fsp3) is 0.462. The first-order valence-electron chi connectivity index (χ1n) is 5.83. The first-order chi connectivity index (χ1) is 8.37. The van der Waals surface area contributed by atoms with Crippen LogP contribution in [0.25, 0.3) is 0 Å². The van der Waals surface area contributed by atoms with Crippen LogP contribution in [-0.4, -0.2) is 18.2 Å². The Morgan fingerprint density at radius 3 is 2.44 bits per heavy atom. The molecule has 18 heavy (non-hydrogen) atoms. The Hall–Kier alpha value is -1.07. The summed E-state index contributed by atoms with van der Waals surface area (Å²) in [4.78, 5) is 11.3. The maximum Gasteiger partial charge on any atom is 0.422 e. The minimum Gasteiger partial charge on any atom is -0.443 e. The highest BCUT2D eigenvalue weighted by Gasteiger charge is 2.15. The second-order valence-corrected chi connectivity index (χ2v) is 5.85. The highest BCUT2D eigenvalue weighted by molar-refractivity contribution is 9.10. The van der Waals surface area contributed by atoms with Crippen molar-refractivity contribution in [3.05, 3.63) is 34.3 Å². The molecule has 0 aliphatic heterocycles. The number of hydrogen-bond acceptors (Lipinski definition) is 3. The lowest BCUT2D eigenvalue weighted by molar-refractivity contribution is 0.0499. The number of hydrazine groups is 1. The molecule has 100 valence electrons. The van der Waals surface area contributed by atoms with Gasteiger partial charge in [0.2, 0.25) is 0 Å². The van der Waals surface area contributed by atoms with Crippen molar-refractivity contribution in [3.63, 3.8) is 0 Å². The van der Waals surface area contributed by atoms with Crippen molar-refractivity contribution in [1.29, 1.82) is 0 Å². The lowest BCUT2D eigenvalue weighted by Gasteiger charge is -2.19. The molecule has 1 aromatic rings. The predicted molar refractivity (Wildman–Crippen MR) is 75.2 cm³/mol. The van der Waals surface area contributed by atoms with E-state index in [0.29, 0.717) is 6.54 Å². The number of halogens is 1. The summed E-state index contributed by atoms with van der Waals surface area (Å²) in [6.45, 7) is 6.14. The average molecular weight is 315 g/mol. The smallest absolute Gasteiger partial charge is 0.422 e. The van der Waals surface area contributed by atoms with Crippen LogP contribution in [0, 0.1) is 0 Å². The van der Waals surface area contributed by atoms with Gasteiger partial charge in [-0.25, -0.2) is 10.2 Å². The van der Waals surface area contributed by atoms with Gasteiger partial charge in [-0.3, -0.25) is 5.43 Å². The van der Waals surface area contributed by atoms with E-state index in [4.69, 9.17) is 4.74 Å². The summed E-state index contributed by atoms with van der Waals surface area (Å²) in [5, 5.41) is 0. The Morgan fingerprint density at radius 1 is 1.28 bits per heavy atom. The highest BCUT2D eigenvalue weighted by atomic mass is 79.9. The van der Waals surface area contributed by atoms with Crippen LogP contribution in [0.1, 0.15) is 26.3 Å². The predicted octanol–water partition coefficient (Wildman–Crippen LogP) is 3.02. The van der Waals surface area contributed by atoms with Crippen molar-refractivity contribution < 1.29 is 9.53 Å². The Kier molecular flexibility index (Phi) is 5.62. The van der Waals surface area contributed by atoms with Crippen LogP contribution < -0.4 is 10.9 Å². The van der Waals surface area contributed by atoms with Crippen molar-refractivity contribution in [2.45, 2.75) is 32.8 Å². The summed E-state index contributed by atoms with van der Waals surface area (Å²) < 4.78 is 6.15. The second-order valence-electron chi connectivity index (χ2n) is 4.93. The van der Waals surface area contributed by atoms with E-state index in [0.717, 1.165) is 10.9 Å². The first kappa shape index (κ1) is 15.0. The minimum atomic E-state index is -0.475. The lowest BCUT2D eigenvalue weighted by atomic mass is 10.2. The fourth-order valence-electron chi connectivity index (χ4n) is 1.30. The number of benzene rings is 1. The van der Waals surface area contributed by atoms with Gasteiger partial charge in [0.15, 0.2) is 0 Å². The first-order valence-corrected chi connectivity index (χ1v) is 6.62. The normalized spacial score (nSPS) is 11.1. The topological polar surface area (TPSA) is 50.4 Å². The number of hydrogen-bond donors (Lipinski definition) is 2. The van der Waals surface area contributed by atoms with E-state index < -0.39 is 11.7 Å². The summed E-state index contributed by atoms with van der Waals surface area (Å²) >= 11 is 3.39. The van der Waals surface area contributed by atoms with E-state index >= 15 is 0 Å². The van der Waals surface area contributed by atoms with Crippen LogP contribution in [0.5, 0.6) is 0 Å². The third-order valence-electron chi connectivity index (χ3n) is 2.04. The van der Waals surface area contributed by atoms with Gasteiger partial charge < -0.3 is 4.74 Å². The Morgan fingerprint density at radius 2 is 1.89 bits per heavy atom. The second kappa shape index (κ2) is 6.75. The molecule has 0 heterocycles. The molecule has 0 saturated heterocycles. The molecule has 1 aromatic carbocycles. The number of carbonyl (C=O) groups is 1. The molecule has 0 unspecified atom stereocenters. The molecule has 0 fully saturated rings. The molecule has 1 amide bonds. The van der Waals surface area contributed by atoms with E-state index in [-0.39, 0.29) is 0 Å². The summed E-state index contributed by atoms with van der Waals surface area (Å²) in [5.74, 6) is 0. The maximum atomic E-state index is 11.3. The van der Waals surface area contributed by atoms with E-state index in [1.54, 1.807) is 0 Å². The van der Waals surface area contributed by atoms with Crippen LogP contribution in [0.15, 0.2) is 28.7 Å². The third-order valence-corrected chi connectivity index (χ3v) is 2.57. The molecule has 1 rings (SSSR count). The Balaban J connectivity index is 2.19. The average Bonchev–Trinajstić information content (AvgIpc) is 2.24. The Labute approximate surface area is 116 Å². The van der Waals surface area contributed by atoms with Crippen LogP contribution in [-0.2, 0) is 11.2 Å². The van der Waals surface area contributed by atoms with E-state index in [9.17, 15) is 4.79 Å². The van der Waals surface area contributed by atoms with Gasteiger partial charge in [0, 0.05) is 11.0 Å². The largest absolute Gasteiger partial charge is 0.443 e. The summed E-state index contributed by atoms with van der Waals surface area (Å²) in [6.07, 6.45) is 0.376. The molecule has 0 aliphatic rings. The van der Waals surface area contributed by atoms with Crippen LogP contribution in [0.2, 0.25) is 0 Å². The van der Waals surface area contributed by atoms with Gasteiger partial charge in [-0.1, -0.05) is 28.1 Å². The molecule has 0 aromatic heterocycles. The number of carbonyl (C=O) groups excluding carboxylic acids is 1. The van der Waals surface area contributed by atoms with Gasteiger partial charge in [-0.2, -0.15) is 0 Å². The maximum absolute atomic E-state index is 11.3. The zero-order valence-corrected chi connectivity index (χ0v) is 12.5. The third kappa shape index (κ3) is 6.61. The van der Waals surface area contributed by atoms with Gasteiger partial charge in [0.05, 0.1) is 0 Å². The van der Waals surface area contributed by atoms with Gasteiger partial charge in [0.25, 0.3) is 0 Å². The summed E-state index contributed by atoms with van der Waals surface area (Å²) in [7, 11) is 0. The molecule has 0 saturated carbocycles. The van der Waals surface area contributed by atoms with E-state index in [1.807, 2.05) is 45.0 Å². The molecule has 0 spiro atoms. The standard InChI is InChI=1S/C13H19BrN2O2/c1-13(2,3)18-12(17)16-15-9-8-10-4-6-11(14)7-5-10/h4-7,15H,8-9H2,1-3H3,(H,16,17). The SMILES string of the molecule is CC(C)(C)OC(=O)NNCCc1ccc(Br)cc1. The summed E-state index contributed by atoms with van der Waals surface area (Å²) in [5.41, 5.74) is 6.07. The van der Waals surface area contributed by atoms with Crippen molar-refractivity contribution in [1.82, 2.24) is 10.9 Å². The van der Waals surface area contributed by atoms with E-state index in [2.05, 4.69) is 26.8 Å². The quantitative estimate of drug-likeness (QED) is 0.663. The Bertz CT molecular complexity index is 385. The summed E-state index contributed by atoms with van der Waals surface area (Å²) in [6, 6.07) is 8.08. The monoisotopic (exact) mass is 314 g/mol. The molecule has 0 atom stereocenters. The van der Waals surface area contributed by atoms with Crippen LogP contribution in [0.4, 0.5) is 4.79 Å². The van der Waals surface area contributed by atoms with Gasteiger partial charge in [-0.15, -0.1) is 0 Å². The van der Waals surface area contributed by atoms with Crippen LogP contribution >= 0.6 is 15.9 Å². The van der Waals surface area contributed by atoms with Gasteiger partial charge in [0.1, 0.15) is 5.60 Å². The number of amides is 1. The van der Waals surface area contributed by atoms with E-state index in [1.165, 1.54) is 5.56 Å². The van der Waals surface area contributed by atoms with Gasteiger partial charge in [-0.05, 0) is 44.9 Å². The number of nitrogens with one attached hydrogen (secondary N) is 2. The molecular formula is C13H19BrN2O2. The molecule has 4 nitrogen and oxygen atoms in total. The van der Waals surface area contributed by atoms with Gasteiger partial charge >= 0.3 is 6.09 Å². The fourth-order valence-corrected chi connectivity index (χ4v) is 1.56. The van der Waals surface area contributed by atoms with Crippen molar-refractivity contribution in [2.75, 3.05) is 6.54 Å². The van der Waals surface area contributed by atoms with Crippen molar-refractivity contribution in [3.8, 4) is 0 Å². The van der Waals surface area contributed by atoms with Crippen LogP contribution in [0.3, 0.4) is 0 Å². The van der Waals surface area contributed by atoms with Crippen molar-refractivity contribution >= 4 is 22.0 Å². The molecule has 2 N–H and O–H groups in total. The molecule has 5 heteroatoms. The zero-order chi connectivity index (χ0) is 13.6. The molecule has 0 aliphatic carbocycles. The number of ether oxygens (including phenoxy) is 1. The lowest BCUT2D eigenvalue weighted by Crippen LogP contribution is -2.41. The molecular weight excluding hydrogens is 296 g/mol. The number of rotatable bonds is 4. The minimum absolute atomic E-state index is 0.460.